The van der Waals surface area contributed by atoms with E-state index in [4.69, 9.17) is 5.11 Å². The van der Waals surface area contributed by atoms with Gasteiger partial charge in [-0.1, -0.05) is 13.8 Å². The second-order valence-electron chi connectivity index (χ2n) is 5.99. The van der Waals surface area contributed by atoms with Crippen LogP contribution in [0.2, 0.25) is 0 Å². The Bertz CT molecular complexity index is 351. The normalized spacial score (nSPS) is 35.5. The predicted octanol–water partition coefficient (Wildman–Crippen LogP) is 1.74. The summed E-state index contributed by atoms with van der Waals surface area (Å²) in [6.45, 7) is 6.60. The van der Waals surface area contributed by atoms with Crippen molar-refractivity contribution < 1.29 is 14.7 Å². The van der Waals surface area contributed by atoms with Crippen molar-refractivity contribution >= 4 is 11.9 Å². The average molecular weight is 239 g/mol. The number of hydrogen-bond donors (Lipinski definition) is 1. The maximum atomic E-state index is 12.4. The molecule has 0 aromatic rings. The minimum absolute atomic E-state index is 0.0506. The van der Waals surface area contributed by atoms with E-state index in [0.717, 1.165) is 19.4 Å². The summed E-state index contributed by atoms with van der Waals surface area (Å²) >= 11 is 0. The first-order valence-electron chi connectivity index (χ1n) is 6.40. The van der Waals surface area contributed by atoms with Gasteiger partial charge in [0.2, 0.25) is 5.91 Å². The second kappa shape index (κ2) is 4.00. The molecule has 17 heavy (non-hydrogen) atoms. The van der Waals surface area contributed by atoms with Gasteiger partial charge in [-0.15, -0.1) is 0 Å². The zero-order valence-corrected chi connectivity index (χ0v) is 10.8. The zero-order chi connectivity index (χ0) is 12.8. The number of rotatable bonds is 2. The van der Waals surface area contributed by atoms with E-state index in [9.17, 15) is 9.59 Å². The number of piperidine rings is 1. The highest BCUT2D eigenvalue weighted by molar-refractivity contribution is 5.91. The molecule has 1 aliphatic carbocycles. The van der Waals surface area contributed by atoms with Crippen LogP contribution in [0.5, 0.6) is 0 Å². The van der Waals surface area contributed by atoms with Crippen molar-refractivity contribution in [2.24, 2.45) is 17.3 Å². The highest BCUT2D eigenvalue weighted by atomic mass is 16.4. The van der Waals surface area contributed by atoms with Crippen molar-refractivity contribution in [2.75, 3.05) is 6.54 Å². The van der Waals surface area contributed by atoms with Gasteiger partial charge in [0.15, 0.2) is 0 Å². The summed E-state index contributed by atoms with van der Waals surface area (Å²) in [6, 6.07) is 0.266. The van der Waals surface area contributed by atoms with Crippen molar-refractivity contribution in [3.05, 3.63) is 0 Å². The van der Waals surface area contributed by atoms with Crippen molar-refractivity contribution in [2.45, 2.75) is 46.1 Å². The lowest BCUT2D eigenvalue weighted by Crippen LogP contribution is -2.43. The van der Waals surface area contributed by atoms with Gasteiger partial charge < -0.3 is 10.0 Å². The van der Waals surface area contributed by atoms with E-state index in [1.807, 2.05) is 18.7 Å². The van der Waals surface area contributed by atoms with Gasteiger partial charge in [-0.25, -0.2) is 0 Å². The van der Waals surface area contributed by atoms with Gasteiger partial charge in [0.05, 0.1) is 11.8 Å². The number of nitrogens with zero attached hydrogens (tertiary/aromatic N) is 1. The van der Waals surface area contributed by atoms with Crippen LogP contribution in [-0.2, 0) is 9.59 Å². The van der Waals surface area contributed by atoms with E-state index in [2.05, 4.69) is 6.92 Å². The molecule has 0 spiro atoms. The van der Waals surface area contributed by atoms with Gasteiger partial charge in [0, 0.05) is 12.6 Å². The fourth-order valence-corrected chi connectivity index (χ4v) is 3.16. The Morgan fingerprint density at radius 1 is 1.24 bits per heavy atom. The minimum Gasteiger partial charge on any atom is -0.481 e. The van der Waals surface area contributed by atoms with Crippen molar-refractivity contribution in [3.8, 4) is 0 Å². The molecule has 1 saturated carbocycles. The molecule has 2 rings (SSSR count). The molecule has 2 aliphatic rings. The Morgan fingerprint density at radius 3 is 2.35 bits per heavy atom. The van der Waals surface area contributed by atoms with Gasteiger partial charge in [0.25, 0.3) is 0 Å². The lowest BCUT2D eigenvalue weighted by atomic mass is 10.0. The number of carbonyl (C=O) groups excluding carboxylic acids is 1. The summed E-state index contributed by atoms with van der Waals surface area (Å²) in [7, 11) is 0. The van der Waals surface area contributed by atoms with Crippen LogP contribution in [0.1, 0.15) is 40.0 Å². The predicted molar refractivity (Wildman–Crippen MR) is 63.4 cm³/mol. The summed E-state index contributed by atoms with van der Waals surface area (Å²) in [5.41, 5.74) is -0.375. The summed E-state index contributed by atoms with van der Waals surface area (Å²) in [5, 5.41) is 9.10. The second-order valence-corrected chi connectivity index (χ2v) is 5.99. The molecule has 3 atom stereocenters. The summed E-state index contributed by atoms with van der Waals surface area (Å²) in [4.78, 5) is 25.3. The molecule has 2 fully saturated rings. The Kier molecular flexibility index (Phi) is 2.92. The monoisotopic (exact) mass is 239 g/mol. The van der Waals surface area contributed by atoms with Gasteiger partial charge in [-0.2, -0.15) is 0 Å². The Labute approximate surface area is 102 Å². The van der Waals surface area contributed by atoms with Gasteiger partial charge >= 0.3 is 5.97 Å². The molecule has 1 N–H and O–H groups in total. The molecule has 0 radical (unpaired) electrons. The quantitative estimate of drug-likeness (QED) is 0.798. The first kappa shape index (κ1) is 12.4. The van der Waals surface area contributed by atoms with Crippen LogP contribution in [0.4, 0.5) is 0 Å². The number of amides is 1. The molecule has 1 saturated heterocycles. The molecule has 1 heterocycles. The fourth-order valence-electron chi connectivity index (χ4n) is 3.16. The third-order valence-corrected chi connectivity index (χ3v) is 4.45. The van der Waals surface area contributed by atoms with Crippen molar-refractivity contribution in [3.63, 3.8) is 0 Å². The lowest BCUT2D eigenvalue weighted by molar-refractivity contribution is -0.143. The molecular weight excluding hydrogens is 218 g/mol. The summed E-state index contributed by atoms with van der Waals surface area (Å²) in [5.74, 6) is -1.60. The van der Waals surface area contributed by atoms with Crippen LogP contribution < -0.4 is 0 Å². The van der Waals surface area contributed by atoms with Crippen LogP contribution in [0.25, 0.3) is 0 Å². The van der Waals surface area contributed by atoms with E-state index in [1.54, 1.807) is 0 Å². The zero-order valence-electron chi connectivity index (χ0n) is 10.8. The van der Waals surface area contributed by atoms with Gasteiger partial charge in [0.1, 0.15) is 0 Å². The SMILES string of the molecule is CC1CCCCN1C(=O)[C@@H]1[C@H](C(=O)O)C1(C)C. The molecule has 0 aromatic carbocycles. The molecule has 1 amide bonds. The number of likely N-dealkylation sites (tertiary alicyclic amines) is 1. The first-order valence-corrected chi connectivity index (χ1v) is 6.40. The summed E-state index contributed by atoms with van der Waals surface area (Å²) < 4.78 is 0. The molecule has 0 aromatic heterocycles. The number of hydrogen-bond acceptors (Lipinski definition) is 2. The number of carboxylic acids is 1. The van der Waals surface area contributed by atoms with E-state index in [0.29, 0.717) is 0 Å². The van der Waals surface area contributed by atoms with Crippen LogP contribution >= 0.6 is 0 Å². The van der Waals surface area contributed by atoms with E-state index < -0.39 is 11.9 Å². The standard InChI is InChI=1S/C13H21NO3/c1-8-6-4-5-7-14(8)11(15)9-10(12(16)17)13(9,2)3/h8-10H,4-7H2,1-3H3,(H,16,17)/t8?,9-,10+/m0/s1. The molecule has 1 unspecified atom stereocenters. The average Bonchev–Trinajstić information content (AvgIpc) is 2.81. The Hall–Kier alpha value is -1.06. The molecular formula is C13H21NO3. The highest BCUT2D eigenvalue weighted by Crippen LogP contribution is 2.59. The van der Waals surface area contributed by atoms with Crippen LogP contribution in [0, 0.1) is 17.3 Å². The topological polar surface area (TPSA) is 57.6 Å². The lowest BCUT2D eigenvalue weighted by Gasteiger charge is -2.34. The smallest absolute Gasteiger partial charge is 0.307 e. The number of carboxylic acid groups (broad SMARTS) is 1. The summed E-state index contributed by atoms with van der Waals surface area (Å²) in [6.07, 6.45) is 3.25. The maximum Gasteiger partial charge on any atom is 0.307 e. The van der Waals surface area contributed by atoms with E-state index in [-0.39, 0.29) is 23.3 Å². The fraction of sp³-hybridized carbons (Fsp3) is 0.846. The van der Waals surface area contributed by atoms with Gasteiger partial charge in [-0.3, -0.25) is 9.59 Å². The highest BCUT2D eigenvalue weighted by Gasteiger charge is 2.66. The van der Waals surface area contributed by atoms with Crippen molar-refractivity contribution in [1.29, 1.82) is 0 Å². The van der Waals surface area contributed by atoms with E-state index in [1.165, 1.54) is 6.42 Å². The molecule has 4 nitrogen and oxygen atoms in total. The van der Waals surface area contributed by atoms with Crippen LogP contribution in [0.15, 0.2) is 0 Å². The molecule has 0 bridgehead atoms. The van der Waals surface area contributed by atoms with Crippen LogP contribution in [0.3, 0.4) is 0 Å². The maximum absolute atomic E-state index is 12.4. The third kappa shape index (κ3) is 1.94. The number of aliphatic carboxylic acids is 1. The van der Waals surface area contributed by atoms with Crippen molar-refractivity contribution in [1.82, 2.24) is 4.90 Å². The molecule has 4 heteroatoms. The number of carbonyl (C=O) groups is 2. The Morgan fingerprint density at radius 2 is 1.88 bits per heavy atom. The first-order chi connectivity index (χ1) is 7.87. The Balaban J connectivity index is 2.08. The largest absolute Gasteiger partial charge is 0.481 e. The van der Waals surface area contributed by atoms with Gasteiger partial charge in [-0.05, 0) is 31.6 Å². The minimum atomic E-state index is -0.835. The molecule has 96 valence electrons. The molecule has 1 aliphatic heterocycles. The van der Waals surface area contributed by atoms with E-state index >= 15 is 0 Å². The van der Waals surface area contributed by atoms with Crippen LogP contribution in [-0.4, -0.2) is 34.5 Å². The third-order valence-electron chi connectivity index (χ3n) is 4.45.